The second kappa shape index (κ2) is 6.84. The third kappa shape index (κ3) is 3.15. The second-order valence-corrected chi connectivity index (χ2v) is 8.02. The summed E-state index contributed by atoms with van der Waals surface area (Å²) in [6.45, 7) is 9.61. The number of fused-ring (bicyclic) bond motifs is 4. The summed E-state index contributed by atoms with van der Waals surface area (Å²) in [5.41, 5.74) is 3.10. The molecule has 1 N–H and O–H groups in total. The van der Waals surface area contributed by atoms with Crippen molar-refractivity contribution in [3.8, 4) is 5.75 Å². The molecule has 0 saturated carbocycles. The van der Waals surface area contributed by atoms with Crippen LogP contribution in [0.2, 0.25) is 0 Å². The molecule has 0 spiro atoms. The van der Waals surface area contributed by atoms with Gasteiger partial charge in [-0.2, -0.15) is 0 Å². The minimum absolute atomic E-state index is 0.232. The largest absolute Gasteiger partial charge is 0.508 e. The second-order valence-electron chi connectivity index (χ2n) is 8.02. The summed E-state index contributed by atoms with van der Waals surface area (Å²) in [6, 6.07) is 6.73. The predicted octanol–water partition coefficient (Wildman–Crippen LogP) is 4.89. The molecule has 1 heterocycles. The molecule has 0 amide bonds. The Kier molecular flexibility index (Phi) is 5.01. The Morgan fingerprint density at radius 3 is 2.78 bits per heavy atom. The van der Waals surface area contributed by atoms with Crippen molar-refractivity contribution in [1.29, 1.82) is 0 Å². The van der Waals surface area contributed by atoms with Crippen molar-refractivity contribution < 1.29 is 5.11 Å². The highest BCUT2D eigenvalue weighted by Gasteiger charge is 2.48. The Balaban J connectivity index is 1.71. The van der Waals surface area contributed by atoms with Gasteiger partial charge < -0.3 is 5.11 Å². The maximum absolute atomic E-state index is 9.91. The minimum Gasteiger partial charge on any atom is -0.508 e. The number of rotatable bonds is 6. The maximum atomic E-state index is 9.91. The van der Waals surface area contributed by atoms with Gasteiger partial charge in [-0.25, -0.2) is 0 Å². The molecule has 23 heavy (non-hydrogen) atoms. The zero-order valence-electron chi connectivity index (χ0n) is 15.1. The van der Waals surface area contributed by atoms with Crippen molar-refractivity contribution in [3.05, 3.63) is 29.3 Å². The van der Waals surface area contributed by atoms with Gasteiger partial charge in [-0.05, 0) is 66.9 Å². The lowest BCUT2D eigenvalue weighted by molar-refractivity contribution is 0.0302. The van der Waals surface area contributed by atoms with E-state index in [1.165, 1.54) is 62.7 Å². The summed E-state index contributed by atoms with van der Waals surface area (Å²) in [5.74, 6) is 1.09. The van der Waals surface area contributed by atoms with Gasteiger partial charge in [0.15, 0.2) is 0 Å². The number of benzene rings is 1. The number of likely N-dealkylation sites (tertiary alicyclic amines) is 1. The number of nitrogens with zero attached hydrogens (tertiary/aromatic N) is 1. The summed E-state index contributed by atoms with van der Waals surface area (Å²) in [5, 5.41) is 9.91. The third-order valence-corrected chi connectivity index (χ3v) is 6.66. The van der Waals surface area contributed by atoms with Crippen LogP contribution in [-0.2, 0) is 11.8 Å². The zero-order valence-corrected chi connectivity index (χ0v) is 15.1. The molecule has 2 aliphatic rings. The van der Waals surface area contributed by atoms with Crippen molar-refractivity contribution >= 4 is 0 Å². The van der Waals surface area contributed by atoms with Gasteiger partial charge in [-0.1, -0.05) is 52.5 Å². The Morgan fingerprint density at radius 2 is 2.00 bits per heavy atom. The van der Waals surface area contributed by atoms with Gasteiger partial charge in [0.2, 0.25) is 0 Å². The van der Waals surface area contributed by atoms with Crippen LogP contribution in [0.5, 0.6) is 5.75 Å². The molecule has 2 heteroatoms. The fourth-order valence-electron chi connectivity index (χ4n) is 4.89. The fourth-order valence-corrected chi connectivity index (χ4v) is 4.89. The first-order valence-corrected chi connectivity index (χ1v) is 9.62. The molecule has 1 aromatic carbocycles. The van der Waals surface area contributed by atoms with Crippen molar-refractivity contribution in [1.82, 2.24) is 4.90 Å². The molecule has 1 aliphatic heterocycles. The van der Waals surface area contributed by atoms with E-state index in [0.717, 1.165) is 6.42 Å². The van der Waals surface area contributed by atoms with E-state index >= 15 is 0 Å². The number of hydrogen-bond acceptors (Lipinski definition) is 2. The third-order valence-electron chi connectivity index (χ3n) is 6.66. The molecule has 0 radical (unpaired) electrons. The lowest BCUT2D eigenvalue weighted by atomic mass is 9.59. The Labute approximate surface area is 141 Å². The molecule has 1 saturated heterocycles. The van der Waals surface area contributed by atoms with Crippen LogP contribution in [0.3, 0.4) is 0 Å². The van der Waals surface area contributed by atoms with Crippen molar-refractivity contribution in [2.75, 3.05) is 13.1 Å². The van der Waals surface area contributed by atoms with E-state index in [-0.39, 0.29) is 5.41 Å². The van der Waals surface area contributed by atoms with E-state index in [2.05, 4.69) is 31.7 Å². The molecule has 0 aromatic heterocycles. The Morgan fingerprint density at radius 1 is 1.22 bits per heavy atom. The van der Waals surface area contributed by atoms with Crippen LogP contribution in [0.4, 0.5) is 0 Å². The molecule has 1 fully saturated rings. The molecule has 1 aliphatic carbocycles. The lowest BCUT2D eigenvalue weighted by Crippen LogP contribution is -2.58. The van der Waals surface area contributed by atoms with Crippen LogP contribution in [0.1, 0.15) is 70.4 Å². The van der Waals surface area contributed by atoms with E-state index < -0.39 is 0 Å². The number of phenolic OH excluding ortho intramolecular Hbond substituents is 1. The SMILES string of the molecule is CCCCCCCN1CC[C@]2(C)c3cc(O)ccc3C[C@H]1[C@H]2C. The van der Waals surface area contributed by atoms with E-state index in [4.69, 9.17) is 0 Å². The van der Waals surface area contributed by atoms with Crippen LogP contribution in [0.15, 0.2) is 18.2 Å². The summed E-state index contributed by atoms with van der Waals surface area (Å²) in [6.07, 6.45) is 9.21. The average Bonchev–Trinajstić information content (AvgIpc) is 2.53. The molecule has 2 bridgehead atoms. The number of unbranched alkanes of at least 4 members (excludes halogenated alkanes) is 4. The van der Waals surface area contributed by atoms with Crippen LogP contribution >= 0.6 is 0 Å². The van der Waals surface area contributed by atoms with Gasteiger partial charge in [-0.15, -0.1) is 0 Å². The molecule has 0 unspecified atom stereocenters. The van der Waals surface area contributed by atoms with Crippen molar-refractivity contribution in [2.24, 2.45) is 5.92 Å². The molecule has 2 nitrogen and oxygen atoms in total. The molecule has 128 valence electrons. The molecule has 1 aromatic rings. The predicted molar refractivity (Wildman–Crippen MR) is 97.1 cm³/mol. The summed E-state index contributed by atoms with van der Waals surface area (Å²) < 4.78 is 0. The van der Waals surface area contributed by atoms with Gasteiger partial charge in [0.25, 0.3) is 0 Å². The first kappa shape index (κ1) is 16.8. The van der Waals surface area contributed by atoms with E-state index in [9.17, 15) is 5.11 Å². The van der Waals surface area contributed by atoms with Crippen molar-refractivity contribution in [3.63, 3.8) is 0 Å². The van der Waals surface area contributed by atoms with E-state index in [0.29, 0.717) is 17.7 Å². The molecular weight excluding hydrogens is 282 g/mol. The maximum Gasteiger partial charge on any atom is 0.115 e. The molecule has 3 rings (SSSR count). The van der Waals surface area contributed by atoms with E-state index in [1.807, 2.05) is 12.1 Å². The summed E-state index contributed by atoms with van der Waals surface area (Å²) in [7, 11) is 0. The Bertz CT molecular complexity index is 541. The highest BCUT2D eigenvalue weighted by Crippen LogP contribution is 2.49. The van der Waals surface area contributed by atoms with Gasteiger partial charge in [-0.3, -0.25) is 4.90 Å². The van der Waals surface area contributed by atoms with E-state index in [1.54, 1.807) is 0 Å². The van der Waals surface area contributed by atoms with Crippen molar-refractivity contribution in [2.45, 2.75) is 77.2 Å². The fraction of sp³-hybridized carbons (Fsp3) is 0.714. The smallest absolute Gasteiger partial charge is 0.115 e. The van der Waals surface area contributed by atoms with Gasteiger partial charge in [0.05, 0.1) is 0 Å². The number of phenols is 1. The number of hydrogen-bond donors (Lipinski definition) is 1. The quantitative estimate of drug-likeness (QED) is 0.756. The topological polar surface area (TPSA) is 23.5 Å². The standard InChI is InChI=1S/C21H33NO/c1-4-5-6-7-8-12-22-13-11-21(3)16(2)20(22)14-17-9-10-18(23)15-19(17)21/h9-10,15-16,20,23H,4-8,11-14H2,1-3H3/t16-,20+,21+/m1/s1. The molecule has 3 atom stereocenters. The van der Waals surface area contributed by atoms with Gasteiger partial charge >= 0.3 is 0 Å². The Hall–Kier alpha value is -1.02. The number of aromatic hydroxyl groups is 1. The monoisotopic (exact) mass is 315 g/mol. The van der Waals surface area contributed by atoms with Crippen LogP contribution in [0.25, 0.3) is 0 Å². The lowest BCUT2D eigenvalue weighted by Gasteiger charge is -2.54. The molecular formula is C21H33NO. The summed E-state index contributed by atoms with van der Waals surface area (Å²) in [4.78, 5) is 2.76. The van der Waals surface area contributed by atoms with Crippen LogP contribution in [0, 0.1) is 5.92 Å². The minimum atomic E-state index is 0.232. The normalized spacial score (nSPS) is 30.2. The average molecular weight is 316 g/mol. The first-order chi connectivity index (χ1) is 11.1. The highest BCUT2D eigenvalue weighted by molar-refractivity contribution is 5.44. The first-order valence-electron chi connectivity index (χ1n) is 9.62. The van der Waals surface area contributed by atoms with Gasteiger partial charge in [0.1, 0.15) is 5.75 Å². The van der Waals surface area contributed by atoms with Crippen LogP contribution in [-0.4, -0.2) is 29.1 Å². The zero-order chi connectivity index (χ0) is 16.4. The van der Waals surface area contributed by atoms with Gasteiger partial charge in [0, 0.05) is 6.04 Å². The van der Waals surface area contributed by atoms with Crippen LogP contribution < -0.4 is 0 Å². The number of piperidine rings is 1. The highest BCUT2D eigenvalue weighted by atomic mass is 16.3. The summed E-state index contributed by atoms with van der Waals surface area (Å²) >= 11 is 0.